The Morgan fingerprint density at radius 3 is 2.07 bits per heavy atom. The van der Waals surface area contributed by atoms with Gasteiger partial charge < -0.3 is 27.0 Å². The number of amides is 5. The normalized spacial score (nSPS) is 13.4. The van der Waals surface area contributed by atoms with Gasteiger partial charge >= 0.3 is 6.03 Å². The van der Waals surface area contributed by atoms with Crippen molar-refractivity contribution < 1.29 is 19.2 Å². The van der Waals surface area contributed by atoms with Crippen molar-refractivity contribution in [3.63, 3.8) is 0 Å². The van der Waals surface area contributed by atoms with Crippen molar-refractivity contribution in [2.75, 3.05) is 13.1 Å². The van der Waals surface area contributed by atoms with Crippen LogP contribution in [0.3, 0.4) is 0 Å². The predicted molar refractivity (Wildman–Crippen MR) is 112 cm³/mol. The summed E-state index contributed by atoms with van der Waals surface area (Å²) < 4.78 is -0.231. The number of nitrogens with one attached hydrogen (secondary N) is 4. The second-order valence-corrected chi connectivity index (χ2v) is 8.98. The molecule has 0 saturated carbocycles. The molecule has 10 heteroatoms. The molecule has 0 unspecified atom stereocenters. The first-order chi connectivity index (χ1) is 12.8. The third kappa shape index (κ3) is 12.4. The number of hydrogen-bond acceptors (Lipinski definition) is 5. The van der Waals surface area contributed by atoms with Gasteiger partial charge in [0.2, 0.25) is 17.7 Å². The fourth-order valence-electron chi connectivity index (χ4n) is 2.42. The van der Waals surface area contributed by atoms with Crippen LogP contribution in [0.2, 0.25) is 0 Å². The lowest BCUT2D eigenvalue weighted by Crippen LogP contribution is -2.55. The molecule has 0 aromatic carbocycles. The highest BCUT2D eigenvalue weighted by Gasteiger charge is 2.28. The zero-order valence-electron chi connectivity index (χ0n) is 17.4. The number of urea groups is 1. The number of carbonyl (C=O) groups excluding carboxylic acids is 4. The van der Waals surface area contributed by atoms with E-state index in [9.17, 15) is 19.2 Å². The molecule has 2 atom stereocenters. The van der Waals surface area contributed by atoms with Crippen LogP contribution in [0.5, 0.6) is 0 Å². The highest BCUT2D eigenvalue weighted by molar-refractivity contribution is 7.81. The van der Waals surface area contributed by atoms with Gasteiger partial charge in [-0.1, -0.05) is 27.7 Å². The first-order valence-corrected chi connectivity index (χ1v) is 9.89. The Balaban J connectivity index is 4.98. The summed E-state index contributed by atoms with van der Waals surface area (Å²) in [5.74, 6) is -1.22. The Bertz CT molecular complexity index is 549. The highest BCUT2D eigenvalue weighted by Crippen LogP contribution is 2.15. The Hall–Kier alpha value is -1.97. The fraction of sp³-hybridized carbons (Fsp3) is 0.778. The molecule has 5 amide bonds. The van der Waals surface area contributed by atoms with Crippen molar-refractivity contribution in [1.82, 2.24) is 21.3 Å². The summed E-state index contributed by atoms with van der Waals surface area (Å²) in [4.78, 5) is 47.3. The predicted octanol–water partition coefficient (Wildman–Crippen LogP) is 0.295. The Morgan fingerprint density at radius 2 is 1.61 bits per heavy atom. The van der Waals surface area contributed by atoms with Gasteiger partial charge in [0.1, 0.15) is 12.1 Å². The van der Waals surface area contributed by atoms with E-state index < -0.39 is 24.0 Å². The number of carbonyl (C=O) groups is 4. The first kappa shape index (κ1) is 26.0. The van der Waals surface area contributed by atoms with Crippen molar-refractivity contribution in [3.8, 4) is 0 Å². The lowest BCUT2D eigenvalue weighted by Gasteiger charge is -2.25. The monoisotopic (exact) mass is 417 g/mol. The van der Waals surface area contributed by atoms with Crippen LogP contribution < -0.4 is 27.0 Å². The molecule has 0 aromatic heterocycles. The van der Waals surface area contributed by atoms with Crippen molar-refractivity contribution in [3.05, 3.63) is 0 Å². The van der Waals surface area contributed by atoms with E-state index in [1.807, 2.05) is 13.8 Å². The second-order valence-electron chi connectivity index (χ2n) is 7.77. The number of primary amides is 1. The van der Waals surface area contributed by atoms with E-state index in [1.54, 1.807) is 13.8 Å². The van der Waals surface area contributed by atoms with Crippen LogP contribution in [-0.4, -0.2) is 53.7 Å². The summed E-state index contributed by atoms with van der Waals surface area (Å²) in [7, 11) is 0. The van der Waals surface area contributed by atoms with Crippen LogP contribution in [-0.2, 0) is 14.4 Å². The molecule has 0 aliphatic carbocycles. The molecule has 0 spiro atoms. The zero-order chi connectivity index (χ0) is 21.9. The molecule has 0 heterocycles. The van der Waals surface area contributed by atoms with Crippen LogP contribution in [0.1, 0.15) is 53.9 Å². The molecule has 9 nitrogen and oxygen atoms in total. The quantitative estimate of drug-likeness (QED) is 0.200. The standard InChI is InChI=1S/C18H35N5O4S/c1-11(2)14(22-12(3)24)16(26)23-13(7-6-9-21-17(19)27)15(25)20-10-8-18(4,5)28/h11,13-14,28H,6-10H2,1-5H3,(H,20,25)(H,22,24)(H,23,26)(H3,19,21,27)/t13-,14-/m0/s1. The largest absolute Gasteiger partial charge is 0.354 e. The van der Waals surface area contributed by atoms with Gasteiger partial charge in [-0.15, -0.1) is 0 Å². The molecule has 0 bridgehead atoms. The average molecular weight is 418 g/mol. The lowest BCUT2D eigenvalue weighted by atomic mass is 10.0. The summed E-state index contributed by atoms with van der Waals surface area (Å²) in [6.45, 7) is 9.54. The molecule has 0 aliphatic heterocycles. The topological polar surface area (TPSA) is 142 Å². The average Bonchev–Trinajstić information content (AvgIpc) is 2.53. The molecule has 162 valence electrons. The third-order valence-corrected chi connectivity index (χ3v) is 4.17. The van der Waals surface area contributed by atoms with Crippen LogP contribution in [0.4, 0.5) is 4.79 Å². The SMILES string of the molecule is CC(=O)N[C@H](C(=O)N[C@@H](CCCNC(N)=O)C(=O)NCCC(C)(C)S)C(C)C. The molecule has 6 N–H and O–H groups in total. The maximum atomic E-state index is 12.6. The minimum absolute atomic E-state index is 0.144. The number of hydrogen-bond donors (Lipinski definition) is 6. The van der Waals surface area contributed by atoms with E-state index in [0.29, 0.717) is 25.8 Å². The van der Waals surface area contributed by atoms with Gasteiger partial charge in [-0.25, -0.2) is 4.79 Å². The van der Waals surface area contributed by atoms with Crippen molar-refractivity contribution in [2.45, 2.75) is 70.7 Å². The third-order valence-electron chi connectivity index (χ3n) is 3.95. The fourth-order valence-corrected chi connectivity index (χ4v) is 2.53. The Labute approximate surface area is 172 Å². The van der Waals surface area contributed by atoms with Gasteiger partial charge in [-0.05, 0) is 25.2 Å². The summed E-state index contributed by atoms with van der Waals surface area (Å²) in [6, 6.07) is -2.18. The van der Waals surface area contributed by atoms with Crippen LogP contribution in [0.15, 0.2) is 0 Å². The summed E-state index contributed by atoms with van der Waals surface area (Å²) in [5, 5.41) is 10.6. The molecule has 0 rings (SSSR count). The Kier molecular flexibility index (Phi) is 11.6. The van der Waals surface area contributed by atoms with Gasteiger partial charge in [0.05, 0.1) is 0 Å². The van der Waals surface area contributed by atoms with E-state index in [1.165, 1.54) is 6.92 Å². The molecular weight excluding hydrogens is 382 g/mol. The highest BCUT2D eigenvalue weighted by atomic mass is 32.1. The van der Waals surface area contributed by atoms with E-state index in [2.05, 4.69) is 33.9 Å². The van der Waals surface area contributed by atoms with Crippen LogP contribution in [0.25, 0.3) is 0 Å². The van der Waals surface area contributed by atoms with Gasteiger partial charge in [0.25, 0.3) is 0 Å². The number of thiol groups is 1. The zero-order valence-corrected chi connectivity index (χ0v) is 18.3. The molecule has 0 radical (unpaired) electrons. The van der Waals surface area contributed by atoms with Crippen molar-refractivity contribution >= 4 is 36.4 Å². The van der Waals surface area contributed by atoms with E-state index in [4.69, 9.17) is 5.73 Å². The maximum Gasteiger partial charge on any atom is 0.312 e. The lowest BCUT2D eigenvalue weighted by molar-refractivity contribution is -0.132. The Morgan fingerprint density at radius 1 is 1.00 bits per heavy atom. The smallest absolute Gasteiger partial charge is 0.312 e. The van der Waals surface area contributed by atoms with E-state index in [-0.39, 0.29) is 29.0 Å². The minimum atomic E-state index is -0.791. The number of rotatable bonds is 12. The molecular formula is C18H35N5O4S. The molecule has 0 aliphatic rings. The molecule has 0 aromatic rings. The van der Waals surface area contributed by atoms with Crippen molar-refractivity contribution in [2.24, 2.45) is 11.7 Å². The summed E-state index contributed by atoms with van der Waals surface area (Å²) in [6.07, 6.45) is 1.42. The minimum Gasteiger partial charge on any atom is -0.354 e. The molecule has 28 heavy (non-hydrogen) atoms. The molecule has 0 fully saturated rings. The van der Waals surface area contributed by atoms with Crippen LogP contribution in [0, 0.1) is 5.92 Å². The first-order valence-electron chi connectivity index (χ1n) is 9.44. The van der Waals surface area contributed by atoms with Gasteiger partial charge in [-0.2, -0.15) is 12.6 Å². The van der Waals surface area contributed by atoms with Crippen molar-refractivity contribution in [1.29, 1.82) is 0 Å². The summed E-state index contributed by atoms with van der Waals surface area (Å²) >= 11 is 4.42. The van der Waals surface area contributed by atoms with Gasteiger partial charge in [0.15, 0.2) is 0 Å². The van der Waals surface area contributed by atoms with E-state index >= 15 is 0 Å². The number of nitrogens with two attached hydrogens (primary N) is 1. The van der Waals surface area contributed by atoms with Gasteiger partial charge in [-0.3, -0.25) is 14.4 Å². The second kappa shape index (κ2) is 12.5. The maximum absolute atomic E-state index is 12.6. The van der Waals surface area contributed by atoms with Crippen LogP contribution >= 0.6 is 12.6 Å². The molecule has 0 saturated heterocycles. The summed E-state index contributed by atoms with van der Waals surface area (Å²) in [5.41, 5.74) is 5.03. The van der Waals surface area contributed by atoms with Gasteiger partial charge in [0, 0.05) is 24.8 Å². The van der Waals surface area contributed by atoms with E-state index in [0.717, 1.165) is 0 Å².